The van der Waals surface area contributed by atoms with E-state index in [0.717, 1.165) is 24.9 Å². The fraction of sp³-hybridized carbons (Fsp3) is 0.684. The van der Waals surface area contributed by atoms with Gasteiger partial charge in [-0.05, 0) is 0 Å². The van der Waals surface area contributed by atoms with Crippen LogP contribution in [0.5, 0.6) is 0 Å². The molecule has 30 heavy (non-hydrogen) atoms. The van der Waals surface area contributed by atoms with E-state index >= 15 is 0 Å². The van der Waals surface area contributed by atoms with Crippen LogP contribution in [0.15, 0.2) is 23.9 Å². The number of aliphatic carboxylic acids is 2. The van der Waals surface area contributed by atoms with Gasteiger partial charge in [-0.2, -0.15) is 17.8 Å². The van der Waals surface area contributed by atoms with Crippen LogP contribution in [0.1, 0.15) is 38.5 Å². The second-order valence-electron chi connectivity index (χ2n) is 6.77. The third-order valence-electron chi connectivity index (χ3n) is 4.64. The normalized spacial score (nSPS) is 24.8. The minimum absolute atomic E-state index is 0. The van der Waals surface area contributed by atoms with Gasteiger partial charge in [0.1, 0.15) is 0 Å². The molecule has 2 fully saturated rings. The largest absolute Gasteiger partial charge is 0.686 e. The summed E-state index contributed by atoms with van der Waals surface area (Å²) in [4.78, 5) is 19.5. The number of nitrogens with zero attached hydrogens (tertiary/aromatic N) is 3. The van der Waals surface area contributed by atoms with Crippen molar-refractivity contribution in [3.63, 3.8) is 0 Å². The van der Waals surface area contributed by atoms with Gasteiger partial charge in [-0.15, -0.1) is 37.0 Å². The van der Waals surface area contributed by atoms with Crippen molar-refractivity contribution >= 4 is 23.7 Å². The van der Waals surface area contributed by atoms with Gasteiger partial charge in [0.15, 0.2) is 0 Å². The molecule has 0 spiro atoms. The molecule has 3 aliphatic heterocycles. The number of carboxylic acids is 2. The molecule has 0 aliphatic carbocycles. The Morgan fingerprint density at radius 2 is 1.67 bits per heavy atom. The second-order valence-corrected chi connectivity index (χ2v) is 7.76. The summed E-state index contributed by atoms with van der Waals surface area (Å²) < 4.78 is 0. The van der Waals surface area contributed by atoms with Crippen LogP contribution in [-0.4, -0.2) is 70.3 Å². The standard InChI is InChI=1S/C15H22N3.C4H6O4S.2Cu.H2O/c1-3-10-16-12(6-1)14-8-5-9-15(18-14)13-7-2-4-11-17-13;5-3(6)1-9-2-4(7)8;;;/h1,3,6,13-15H,2,4-5,7-11H2;1-2H2,(H,5,6)(H,7,8);;;1H2/q-3;;;;. The van der Waals surface area contributed by atoms with Crippen molar-refractivity contribution in [1.29, 1.82) is 0 Å². The number of hydrogen-bond donors (Lipinski definition) is 2. The van der Waals surface area contributed by atoms with Gasteiger partial charge in [-0.25, -0.2) is 0 Å². The molecule has 0 saturated carbocycles. The number of hydrogen-bond acceptors (Lipinski definition) is 3. The van der Waals surface area contributed by atoms with E-state index in [1.165, 1.54) is 44.2 Å². The number of thioether (sulfide) groups is 1. The SMILES string of the molecule is C1=CC[N-]C(C2CCCC(C3CCCC[N-]3)[N-]2)=C1.O.O=C(O)CSCC(=O)O.[Cu].[Cu]. The van der Waals surface area contributed by atoms with Crippen LogP contribution in [0.4, 0.5) is 0 Å². The number of carboxylic acid groups (broad SMARTS) is 2. The molecule has 3 heterocycles. The van der Waals surface area contributed by atoms with E-state index in [0.29, 0.717) is 18.1 Å². The molecule has 0 aromatic rings. The summed E-state index contributed by atoms with van der Waals surface area (Å²) in [6.07, 6.45) is 13.9. The van der Waals surface area contributed by atoms with Crippen molar-refractivity contribution < 1.29 is 59.4 Å². The van der Waals surface area contributed by atoms with Crippen LogP contribution in [0.3, 0.4) is 0 Å². The average molecular weight is 540 g/mol. The summed E-state index contributed by atoms with van der Waals surface area (Å²) in [5, 5.41) is 30.4. The molecule has 3 atom stereocenters. The van der Waals surface area contributed by atoms with E-state index in [1.54, 1.807) is 0 Å². The Hall–Kier alpha value is -0.511. The van der Waals surface area contributed by atoms with Gasteiger partial charge in [0.05, 0.1) is 11.5 Å². The topological polar surface area (TPSA) is 148 Å². The quantitative estimate of drug-likeness (QED) is 0.498. The molecule has 0 amide bonds. The maximum atomic E-state index is 9.77. The first-order valence-corrected chi connectivity index (χ1v) is 10.6. The van der Waals surface area contributed by atoms with Crippen LogP contribution >= 0.6 is 11.8 Å². The van der Waals surface area contributed by atoms with E-state index in [4.69, 9.17) is 20.8 Å². The third kappa shape index (κ3) is 12.4. The van der Waals surface area contributed by atoms with E-state index < -0.39 is 11.9 Å². The second kappa shape index (κ2) is 18.1. The van der Waals surface area contributed by atoms with E-state index in [-0.39, 0.29) is 51.1 Å². The van der Waals surface area contributed by atoms with Gasteiger partial charge in [0.2, 0.25) is 0 Å². The fourth-order valence-corrected chi connectivity index (χ4v) is 3.88. The summed E-state index contributed by atoms with van der Waals surface area (Å²) >= 11 is 0.870. The summed E-state index contributed by atoms with van der Waals surface area (Å²) in [5.41, 5.74) is 1.19. The zero-order chi connectivity index (χ0) is 19.5. The number of piperidine rings is 2. The Labute approximate surface area is 203 Å². The maximum absolute atomic E-state index is 9.77. The molecular weight excluding hydrogens is 509 g/mol. The van der Waals surface area contributed by atoms with Crippen molar-refractivity contribution in [3.8, 4) is 0 Å². The summed E-state index contributed by atoms with van der Waals surface area (Å²) in [7, 11) is 0. The molecule has 0 aromatic heterocycles. The van der Waals surface area contributed by atoms with Crippen LogP contribution in [0, 0.1) is 0 Å². The molecule has 2 saturated heterocycles. The molecule has 3 rings (SSSR count). The molecule has 0 bridgehead atoms. The van der Waals surface area contributed by atoms with Crippen LogP contribution in [0.25, 0.3) is 16.0 Å². The Morgan fingerprint density at radius 3 is 2.20 bits per heavy atom. The molecule has 182 valence electrons. The molecule has 11 heteroatoms. The smallest absolute Gasteiger partial charge is 0.313 e. The molecule has 3 aliphatic rings. The van der Waals surface area contributed by atoms with Crippen molar-refractivity contribution in [2.45, 2.75) is 56.7 Å². The Balaban J connectivity index is 0. The van der Waals surface area contributed by atoms with Gasteiger partial charge in [0, 0.05) is 34.1 Å². The number of carbonyl (C=O) groups is 2. The van der Waals surface area contributed by atoms with Crippen LogP contribution < -0.4 is 0 Å². The Kier molecular flexibility index (Phi) is 19.1. The molecular formula is C19H30Cu2N3O5S-3. The maximum Gasteiger partial charge on any atom is 0.313 e. The first kappa shape index (κ1) is 31.7. The predicted octanol–water partition coefficient (Wildman–Crippen LogP) is 3.09. The van der Waals surface area contributed by atoms with Gasteiger partial charge in [-0.3, -0.25) is 9.59 Å². The molecule has 3 unspecified atom stereocenters. The third-order valence-corrected chi connectivity index (χ3v) is 5.54. The van der Waals surface area contributed by atoms with Gasteiger partial charge < -0.3 is 31.6 Å². The zero-order valence-electron chi connectivity index (χ0n) is 16.6. The van der Waals surface area contributed by atoms with Gasteiger partial charge >= 0.3 is 11.9 Å². The summed E-state index contributed by atoms with van der Waals surface area (Å²) in [6, 6.07) is 1.30. The van der Waals surface area contributed by atoms with E-state index in [9.17, 15) is 9.59 Å². The first-order chi connectivity index (χ1) is 13.1. The van der Waals surface area contributed by atoms with Gasteiger partial charge in [-0.1, -0.05) is 50.7 Å². The zero-order valence-corrected chi connectivity index (χ0v) is 19.3. The van der Waals surface area contributed by atoms with E-state index in [2.05, 4.69) is 23.5 Å². The van der Waals surface area contributed by atoms with Crippen LogP contribution in [-0.2, 0) is 43.7 Å². The summed E-state index contributed by atoms with van der Waals surface area (Å²) in [5.74, 6) is -2.26. The van der Waals surface area contributed by atoms with Crippen molar-refractivity contribution in [1.82, 2.24) is 0 Å². The Bertz CT molecular complexity index is 546. The van der Waals surface area contributed by atoms with Crippen molar-refractivity contribution in [2.24, 2.45) is 0 Å². The predicted molar refractivity (Wildman–Crippen MR) is 112 cm³/mol. The minimum atomic E-state index is -0.985. The average Bonchev–Trinajstić information content (AvgIpc) is 2.69. The molecule has 0 aromatic carbocycles. The van der Waals surface area contributed by atoms with Crippen molar-refractivity contribution in [3.05, 3.63) is 39.9 Å². The van der Waals surface area contributed by atoms with Crippen LogP contribution in [0.2, 0.25) is 0 Å². The minimum Gasteiger partial charge on any atom is -0.686 e. The number of allylic oxidation sites excluding steroid dienone is 2. The van der Waals surface area contributed by atoms with Gasteiger partial charge in [0.25, 0.3) is 0 Å². The first-order valence-electron chi connectivity index (χ1n) is 9.48. The van der Waals surface area contributed by atoms with E-state index in [1.807, 2.05) is 0 Å². The Morgan fingerprint density at radius 1 is 1.00 bits per heavy atom. The fourth-order valence-electron chi connectivity index (χ4n) is 3.42. The van der Waals surface area contributed by atoms with Crippen molar-refractivity contribution in [2.75, 3.05) is 24.6 Å². The monoisotopic (exact) mass is 538 g/mol. The molecule has 8 nitrogen and oxygen atoms in total. The molecule has 4 N–H and O–H groups in total. The molecule has 2 radical (unpaired) electrons. The summed E-state index contributed by atoms with van der Waals surface area (Å²) in [6.45, 7) is 1.88. The number of rotatable bonds is 6.